The predicted molar refractivity (Wildman–Crippen MR) is 46.9 cm³/mol. The number of rotatable bonds is 2. The van der Waals surface area contributed by atoms with E-state index in [2.05, 4.69) is 0 Å². The van der Waals surface area contributed by atoms with E-state index in [-0.39, 0.29) is 5.69 Å². The molecule has 0 fully saturated rings. The number of halogens is 1. The van der Waals surface area contributed by atoms with Crippen LogP contribution in [0.5, 0.6) is 0 Å². The van der Waals surface area contributed by atoms with E-state index in [0.29, 0.717) is 5.56 Å². The van der Waals surface area contributed by atoms with Crippen molar-refractivity contribution in [2.24, 2.45) is 0 Å². The van der Waals surface area contributed by atoms with Crippen LogP contribution in [0, 0.1) is 5.82 Å². The van der Waals surface area contributed by atoms with Crippen LogP contribution in [0.25, 0.3) is 0 Å². The Labute approximate surface area is 75.0 Å². The Morgan fingerprint density at radius 3 is 2.69 bits per heavy atom. The van der Waals surface area contributed by atoms with Gasteiger partial charge in [0, 0.05) is 0 Å². The second-order valence-electron chi connectivity index (χ2n) is 2.84. The Balaban J connectivity index is 3.03. The Kier molecular flexibility index (Phi) is 2.51. The molecule has 3 N–H and O–H groups in total. The lowest BCUT2D eigenvalue weighted by molar-refractivity contribution is -0.138. The molecule has 4 heteroatoms. The van der Waals surface area contributed by atoms with Gasteiger partial charge in [-0.2, -0.15) is 0 Å². The minimum Gasteiger partial charge on any atom is -0.481 e. The fraction of sp³-hybridized carbons (Fsp3) is 0.222. The van der Waals surface area contributed by atoms with E-state index in [1.54, 1.807) is 0 Å². The number of benzene rings is 1. The Morgan fingerprint density at radius 2 is 2.23 bits per heavy atom. The molecule has 0 aliphatic carbocycles. The van der Waals surface area contributed by atoms with Crippen LogP contribution in [0.4, 0.5) is 10.1 Å². The third-order valence-electron chi connectivity index (χ3n) is 1.89. The largest absolute Gasteiger partial charge is 0.481 e. The van der Waals surface area contributed by atoms with Crippen molar-refractivity contribution < 1.29 is 14.3 Å². The number of hydrogen-bond acceptors (Lipinski definition) is 2. The van der Waals surface area contributed by atoms with Crippen molar-refractivity contribution in [2.45, 2.75) is 12.8 Å². The third kappa shape index (κ3) is 1.96. The standard InChI is InChI=1S/C9H10FNO2/c1-5(9(12)13)6-2-3-7(10)8(11)4-6/h2-5H,11H2,1H3,(H,12,13). The van der Waals surface area contributed by atoms with Gasteiger partial charge in [-0.25, -0.2) is 4.39 Å². The maximum absolute atomic E-state index is 12.7. The number of nitrogens with two attached hydrogens (primary N) is 1. The smallest absolute Gasteiger partial charge is 0.310 e. The van der Waals surface area contributed by atoms with Gasteiger partial charge in [0.25, 0.3) is 0 Å². The van der Waals surface area contributed by atoms with Crippen LogP contribution in [0.2, 0.25) is 0 Å². The summed E-state index contributed by atoms with van der Waals surface area (Å²) in [5.41, 5.74) is 5.77. The maximum Gasteiger partial charge on any atom is 0.310 e. The molecule has 0 aliphatic rings. The van der Waals surface area contributed by atoms with Gasteiger partial charge in [-0.1, -0.05) is 6.07 Å². The molecular formula is C9H10FNO2. The Morgan fingerprint density at radius 1 is 1.62 bits per heavy atom. The molecule has 1 aromatic rings. The summed E-state index contributed by atoms with van der Waals surface area (Å²) in [5.74, 6) is -2.14. The quantitative estimate of drug-likeness (QED) is 0.684. The number of carboxylic acid groups (broad SMARTS) is 1. The molecule has 70 valence electrons. The van der Waals surface area contributed by atoms with E-state index < -0.39 is 17.7 Å². The number of hydrogen-bond donors (Lipinski definition) is 2. The van der Waals surface area contributed by atoms with Crippen molar-refractivity contribution in [3.05, 3.63) is 29.6 Å². The van der Waals surface area contributed by atoms with Crippen molar-refractivity contribution in [3.63, 3.8) is 0 Å². The average Bonchev–Trinajstić information content (AvgIpc) is 2.08. The van der Waals surface area contributed by atoms with Crippen LogP contribution in [-0.4, -0.2) is 11.1 Å². The summed E-state index contributed by atoms with van der Waals surface area (Å²) in [6.07, 6.45) is 0. The van der Waals surface area contributed by atoms with E-state index in [0.717, 1.165) is 0 Å². The van der Waals surface area contributed by atoms with Crippen molar-refractivity contribution in [2.75, 3.05) is 5.73 Å². The molecule has 0 aliphatic heterocycles. The highest BCUT2D eigenvalue weighted by Gasteiger charge is 2.14. The van der Waals surface area contributed by atoms with Gasteiger partial charge in [-0.05, 0) is 24.6 Å². The lowest BCUT2D eigenvalue weighted by Crippen LogP contribution is -2.08. The lowest BCUT2D eigenvalue weighted by atomic mass is 10.0. The highest BCUT2D eigenvalue weighted by atomic mass is 19.1. The minimum atomic E-state index is -0.953. The van der Waals surface area contributed by atoms with Gasteiger partial charge in [0.1, 0.15) is 5.82 Å². The SMILES string of the molecule is CC(C(=O)O)c1ccc(F)c(N)c1. The fourth-order valence-corrected chi connectivity index (χ4v) is 0.974. The van der Waals surface area contributed by atoms with Crippen LogP contribution in [-0.2, 0) is 4.79 Å². The molecule has 0 bridgehead atoms. The summed E-state index contributed by atoms with van der Waals surface area (Å²) < 4.78 is 12.7. The summed E-state index contributed by atoms with van der Waals surface area (Å²) >= 11 is 0. The van der Waals surface area contributed by atoms with Gasteiger partial charge >= 0.3 is 5.97 Å². The monoisotopic (exact) mass is 183 g/mol. The molecule has 1 unspecified atom stereocenters. The normalized spacial score (nSPS) is 12.5. The molecule has 0 saturated carbocycles. The van der Waals surface area contributed by atoms with E-state index in [9.17, 15) is 9.18 Å². The molecule has 0 heterocycles. The van der Waals surface area contributed by atoms with Crippen LogP contribution in [0.15, 0.2) is 18.2 Å². The zero-order valence-electron chi connectivity index (χ0n) is 7.12. The van der Waals surface area contributed by atoms with Crippen molar-refractivity contribution in [3.8, 4) is 0 Å². The number of aliphatic carboxylic acids is 1. The number of carboxylic acids is 1. The number of anilines is 1. The molecule has 0 spiro atoms. The molecule has 13 heavy (non-hydrogen) atoms. The van der Waals surface area contributed by atoms with Crippen molar-refractivity contribution in [1.29, 1.82) is 0 Å². The number of carbonyl (C=O) groups is 1. The van der Waals surface area contributed by atoms with Gasteiger partial charge in [-0.3, -0.25) is 4.79 Å². The fourth-order valence-electron chi connectivity index (χ4n) is 0.974. The number of nitrogen functional groups attached to an aromatic ring is 1. The highest BCUT2D eigenvalue weighted by molar-refractivity contribution is 5.76. The van der Waals surface area contributed by atoms with Gasteiger partial charge in [0.2, 0.25) is 0 Å². The summed E-state index contributed by atoms with van der Waals surface area (Å²) in [4.78, 5) is 10.6. The van der Waals surface area contributed by atoms with E-state index in [1.165, 1.54) is 25.1 Å². The predicted octanol–water partition coefficient (Wildman–Crippen LogP) is 1.60. The molecule has 0 radical (unpaired) electrons. The van der Waals surface area contributed by atoms with Crippen molar-refractivity contribution >= 4 is 11.7 Å². The molecule has 0 saturated heterocycles. The zero-order valence-corrected chi connectivity index (χ0v) is 7.12. The topological polar surface area (TPSA) is 63.3 Å². The molecule has 1 atom stereocenters. The van der Waals surface area contributed by atoms with Crippen LogP contribution in [0.3, 0.4) is 0 Å². The van der Waals surface area contributed by atoms with E-state index >= 15 is 0 Å². The van der Waals surface area contributed by atoms with Gasteiger partial charge < -0.3 is 10.8 Å². The minimum absolute atomic E-state index is 0.0226. The van der Waals surface area contributed by atoms with Gasteiger partial charge in [0.05, 0.1) is 11.6 Å². The van der Waals surface area contributed by atoms with E-state index in [1.807, 2.05) is 0 Å². The summed E-state index contributed by atoms with van der Waals surface area (Å²) in [7, 11) is 0. The van der Waals surface area contributed by atoms with Gasteiger partial charge in [-0.15, -0.1) is 0 Å². The second-order valence-corrected chi connectivity index (χ2v) is 2.84. The highest BCUT2D eigenvalue weighted by Crippen LogP contribution is 2.19. The van der Waals surface area contributed by atoms with Gasteiger partial charge in [0.15, 0.2) is 0 Å². The Bertz CT molecular complexity index is 338. The third-order valence-corrected chi connectivity index (χ3v) is 1.89. The summed E-state index contributed by atoms with van der Waals surface area (Å²) in [5, 5.41) is 8.66. The first-order valence-corrected chi connectivity index (χ1v) is 3.80. The first-order valence-electron chi connectivity index (χ1n) is 3.80. The van der Waals surface area contributed by atoms with Crippen LogP contribution < -0.4 is 5.73 Å². The van der Waals surface area contributed by atoms with Crippen molar-refractivity contribution in [1.82, 2.24) is 0 Å². The molecule has 0 aromatic heterocycles. The molecule has 1 rings (SSSR count). The van der Waals surface area contributed by atoms with E-state index in [4.69, 9.17) is 10.8 Å². The molecular weight excluding hydrogens is 173 g/mol. The van der Waals surface area contributed by atoms with Crippen LogP contribution in [0.1, 0.15) is 18.4 Å². The molecule has 1 aromatic carbocycles. The molecule has 3 nitrogen and oxygen atoms in total. The molecule has 0 amide bonds. The summed E-state index contributed by atoms with van der Waals surface area (Å²) in [6, 6.07) is 3.93. The average molecular weight is 183 g/mol. The van der Waals surface area contributed by atoms with Crippen LogP contribution >= 0.6 is 0 Å². The second kappa shape index (κ2) is 3.43. The maximum atomic E-state index is 12.7. The Hall–Kier alpha value is -1.58. The zero-order chi connectivity index (χ0) is 10.0. The first-order chi connectivity index (χ1) is 6.02. The lowest BCUT2D eigenvalue weighted by Gasteiger charge is -2.07. The summed E-state index contributed by atoms with van der Waals surface area (Å²) in [6.45, 7) is 1.52. The first kappa shape index (κ1) is 9.51.